The molecule has 1 aromatic carbocycles. The SMILES string of the molecule is Fc1ccc(Cl)c(CN2CCNC3=C2C=C(c2n[nH]c(C(F)(F)F)n2)NN3)c1Cl. The lowest BCUT2D eigenvalue weighted by atomic mass is 10.1. The number of alkyl halides is 3. The van der Waals surface area contributed by atoms with Gasteiger partial charge in [-0.1, -0.05) is 23.2 Å². The second-order valence-corrected chi connectivity index (χ2v) is 7.03. The van der Waals surface area contributed by atoms with Crippen molar-refractivity contribution in [2.24, 2.45) is 0 Å². The molecule has 0 unspecified atom stereocenters. The summed E-state index contributed by atoms with van der Waals surface area (Å²) in [5.41, 5.74) is 6.87. The molecule has 0 aliphatic carbocycles. The van der Waals surface area contributed by atoms with Crippen molar-refractivity contribution in [1.29, 1.82) is 0 Å². The van der Waals surface area contributed by atoms with E-state index in [4.69, 9.17) is 23.2 Å². The van der Waals surface area contributed by atoms with Crippen LogP contribution < -0.4 is 16.2 Å². The lowest BCUT2D eigenvalue weighted by Crippen LogP contribution is -2.48. The Morgan fingerprint density at radius 2 is 1.97 bits per heavy atom. The van der Waals surface area contributed by atoms with Crippen molar-refractivity contribution in [3.63, 3.8) is 0 Å². The second-order valence-electron chi connectivity index (χ2n) is 6.24. The third-order valence-electron chi connectivity index (χ3n) is 4.37. The van der Waals surface area contributed by atoms with Gasteiger partial charge in [0.05, 0.1) is 10.7 Å². The van der Waals surface area contributed by atoms with E-state index in [1.165, 1.54) is 12.1 Å². The molecule has 0 saturated heterocycles. The summed E-state index contributed by atoms with van der Waals surface area (Å²) in [5.74, 6) is -1.36. The predicted octanol–water partition coefficient (Wildman–Crippen LogP) is 2.99. The van der Waals surface area contributed by atoms with Crippen molar-refractivity contribution >= 4 is 28.9 Å². The highest BCUT2D eigenvalue weighted by molar-refractivity contribution is 6.36. The molecule has 7 nitrogen and oxygen atoms in total. The lowest BCUT2D eigenvalue weighted by molar-refractivity contribution is -0.144. The maximum Gasteiger partial charge on any atom is 0.451 e. The van der Waals surface area contributed by atoms with Crippen molar-refractivity contribution in [2.75, 3.05) is 13.1 Å². The first kappa shape index (κ1) is 19.6. The number of nitrogens with one attached hydrogen (secondary N) is 4. The molecule has 0 amide bonds. The Bertz CT molecular complexity index is 1020. The van der Waals surface area contributed by atoms with Crippen molar-refractivity contribution in [1.82, 2.24) is 36.2 Å². The number of aromatic nitrogens is 3. The summed E-state index contributed by atoms with van der Waals surface area (Å²) in [6, 6.07) is 2.60. The molecule has 29 heavy (non-hydrogen) atoms. The van der Waals surface area contributed by atoms with Crippen LogP contribution in [0.4, 0.5) is 17.6 Å². The molecule has 0 fully saturated rings. The van der Waals surface area contributed by atoms with Gasteiger partial charge >= 0.3 is 6.18 Å². The molecule has 0 spiro atoms. The van der Waals surface area contributed by atoms with Crippen molar-refractivity contribution in [2.45, 2.75) is 12.7 Å². The minimum absolute atomic E-state index is 0.0759. The summed E-state index contributed by atoms with van der Waals surface area (Å²) in [7, 11) is 0. The van der Waals surface area contributed by atoms with Gasteiger partial charge in [-0.25, -0.2) is 9.37 Å². The third-order valence-corrected chi connectivity index (χ3v) is 5.13. The van der Waals surface area contributed by atoms with E-state index in [1.54, 1.807) is 6.08 Å². The fourth-order valence-corrected chi connectivity index (χ4v) is 3.45. The number of hydrogen-bond donors (Lipinski definition) is 4. The van der Waals surface area contributed by atoms with Crippen LogP contribution in [-0.4, -0.2) is 33.2 Å². The largest absolute Gasteiger partial charge is 0.451 e. The minimum Gasteiger partial charge on any atom is -0.367 e. The van der Waals surface area contributed by atoms with Crippen LogP contribution in [0.2, 0.25) is 10.0 Å². The van der Waals surface area contributed by atoms with Crippen LogP contribution in [0.25, 0.3) is 5.70 Å². The summed E-state index contributed by atoms with van der Waals surface area (Å²) in [4.78, 5) is 5.34. The smallest absolute Gasteiger partial charge is 0.367 e. The first-order valence-electron chi connectivity index (χ1n) is 8.33. The molecule has 2 aliphatic rings. The van der Waals surface area contributed by atoms with E-state index in [0.717, 1.165) is 0 Å². The van der Waals surface area contributed by atoms with Gasteiger partial charge in [0.2, 0.25) is 5.82 Å². The molecule has 13 heteroatoms. The van der Waals surface area contributed by atoms with E-state index in [-0.39, 0.29) is 23.1 Å². The van der Waals surface area contributed by atoms with Gasteiger partial charge in [0.1, 0.15) is 17.3 Å². The van der Waals surface area contributed by atoms with Gasteiger partial charge in [-0.15, -0.1) is 0 Å². The van der Waals surface area contributed by atoms with Crippen molar-refractivity contribution < 1.29 is 17.6 Å². The quantitative estimate of drug-likeness (QED) is 0.426. The lowest BCUT2D eigenvalue weighted by Gasteiger charge is -2.36. The van der Waals surface area contributed by atoms with Crippen LogP contribution in [0.15, 0.2) is 29.7 Å². The van der Waals surface area contributed by atoms with E-state index in [0.29, 0.717) is 35.2 Å². The number of hydrogen-bond acceptors (Lipinski definition) is 6. The molecule has 4 rings (SSSR count). The fraction of sp³-hybridized carbons (Fsp3) is 0.250. The monoisotopic (exact) mass is 449 g/mol. The zero-order valence-electron chi connectivity index (χ0n) is 14.5. The summed E-state index contributed by atoms with van der Waals surface area (Å²) in [6.07, 6.45) is -3.05. The Labute approximate surface area is 171 Å². The molecule has 4 N–H and O–H groups in total. The molecule has 1 aromatic heterocycles. The van der Waals surface area contributed by atoms with Crippen LogP contribution in [-0.2, 0) is 12.7 Å². The van der Waals surface area contributed by atoms with Crippen molar-refractivity contribution in [3.05, 3.63) is 62.8 Å². The number of aromatic amines is 1. The highest BCUT2D eigenvalue weighted by Crippen LogP contribution is 2.31. The Morgan fingerprint density at radius 1 is 1.17 bits per heavy atom. The van der Waals surface area contributed by atoms with Gasteiger partial charge in [0.25, 0.3) is 0 Å². The second kappa shape index (κ2) is 7.30. The number of H-pyrrole nitrogens is 1. The Hall–Kier alpha value is -2.66. The molecule has 3 heterocycles. The average Bonchev–Trinajstić information content (AvgIpc) is 3.19. The molecule has 0 radical (unpaired) electrons. The number of rotatable bonds is 3. The number of allylic oxidation sites excluding steroid dienone is 1. The number of halogens is 6. The van der Waals surface area contributed by atoms with Gasteiger partial charge < -0.3 is 10.2 Å². The molecule has 0 saturated carbocycles. The van der Waals surface area contributed by atoms with Gasteiger partial charge in [0.15, 0.2) is 5.82 Å². The van der Waals surface area contributed by atoms with Crippen LogP contribution in [0.5, 0.6) is 0 Å². The van der Waals surface area contributed by atoms with E-state index in [9.17, 15) is 17.6 Å². The zero-order valence-corrected chi connectivity index (χ0v) is 16.0. The summed E-state index contributed by atoms with van der Waals surface area (Å²) in [6.45, 7) is 1.29. The Kier molecular flexibility index (Phi) is 4.95. The standard InChI is InChI=1S/C16H13Cl2F4N7/c17-8-1-2-9(19)12(18)7(8)6-29-4-3-23-14-11(29)5-10(25-27-14)13-24-15(28-26-13)16(20,21)22/h1-2,5,23,25,27H,3-4,6H2,(H,24,26,28). The van der Waals surface area contributed by atoms with E-state index in [2.05, 4.69) is 26.3 Å². The van der Waals surface area contributed by atoms with Crippen LogP contribution >= 0.6 is 23.2 Å². The third kappa shape index (κ3) is 3.79. The predicted molar refractivity (Wildman–Crippen MR) is 97.5 cm³/mol. The van der Waals surface area contributed by atoms with Gasteiger partial charge in [-0.3, -0.25) is 16.0 Å². The summed E-state index contributed by atoms with van der Waals surface area (Å²) < 4.78 is 52.2. The maximum atomic E-state index is 13.8. The minimum atomic E-state index is -4.64. The Balaban J connectivity index is 1.65. The molecule has 0 atom stereocenters. The summed E-state index contributed by atoms with van der Waals surface area (Å²) >= 11 is 12.3. The maximum absolute atomic E-state index is 13.8. The van der Waals surface area contributed by atoms with Crippen LogP contribution in [0.1, 0.15) is 17.2 Å². The van der Waals surface area contributed by atoms with Crippen molar-refractivity contribution in [3.8, 4) is 0 Å². The molecular formula is C16H13Cl2F4N7. The zero-order chi connectivity index (χ0) is 20.8. The summed E-state index contributed by atoms with van der Waals surface area (Å²) in [5, 5.41) is 8.85. The van der Waals surface area contributed by atoms with Gasteiger partial charge in [-0.2, -0.15) is 18.3 Å². The first-order chi connectivity index (χ1) is 13.7. The highest BCUT2D eigenvalue weighted by atomic mass is 35.5. The highest BCUT2D eigenvalue weighted by Gasteiger charge is 2.36. The number of nitrogens with zero attached hydrogens (tertiary/aromatic N) is 3. The average molecular weight is 450 g/mol. The molecule has 2 aliphatic heterocycles. The van der Waals surface area contributed by atoms with E-state index in [1.807, 2.05) is 10.00 Å². The fourth-order valence-electron chi connectivity index (χ4n) is 2.96. The first-order valence-corrected chi connectivity index (χ1v) is 9.09. The van der Waals surface area contributed by atoms with Gasteiger partial charge in [-0.05, 0) is 18.2 Å². The normalized spacial score (nSPS) is 16.6. The van der Waals surface area contributed by atoms with E-state index >= 15 is 0 Å². The van der Waals surface area contributed by atoms with Crippen LogP contribution in [0, 0.1) is 5.82 Å². The number of hydrazine groups is 1. The van der Waals surface area contributed by atoms with Gasteiger partial charge in [0, 0.05) is 30.2 Å². The van der Waals surface area contributed by atoms with Crippen LogP contribution in [0.3, 0.4) is 0 Å². The molecular weight excluding hydrogens is 437 g/mol. The number of benzene rings is 1. The topological polar surface area (TPSA) is 80.9 Å². The molecule has 154 valence electrons. The Morgan fingerprint density at radius 3 is 2.69 bits per heavy atom. The van der Waals surface area contributed by atoms with E-state index < -0.39 is 17.8 Å². The molecule has 0 bridgehead atoms. The molecule has 2 aromatic rings.